The monoisotopic (exact) mass is 418 g/mol. The van der Waals surface area contributed by atoms with Crippen LogP contribution in [0.25, 0.3) is 0 Å². The van der Waals surface area contributed by atoms with Crippen molar-refractivity contribution in [3.05, 3.63) is 34.9 Å². The second-order valence-electron chi connectivity index (χ2n) is 9.56. The molecule has 1 saturated carbocycles. The zero-order chi connectivity index (χ0) is 22.9. The quantitative estimate of drug-likeness (QED) is 0.391. The molecule has 0 heterocycles. The molecule has 1 N–H and O–H groups in total. The molecule has 0 bridgehead atoms. The Hall–Kier alpha value is -1.88. The van der Waals surface area contributed by atoms with Crippen LogP contribution in [0.3, 0.4) is 0 Å². The van der Waals surface area contributed by atoms with E-state index < -0.39 is 23.2 Å². The minimum Gasteiger partial charge on any atom is -0.458 e. The summed E-state index contributed by atoms with van der Waals surface area (Å²) < 4.78 is 11.9. The molecule has 0 unspecified atom stereocenters. The molecular weight excluding hydrogens is 380 g/mol. The topological polar surface area (TPSA) is 72.8 Å². The van der Waals surface area contributed by atoms with Gasteiger partial charge in [-0.15, -0.1) is 0 Å². The molecule has 0 aliphatic heterocycles. The molecule has 0 saturated heterocycles. The van der Waals surface area contributed by atoms with Crippen LogP contribution in [0.1, 0.15) is 74.7 Å². The first-order chi connectivity index (χ1) is 13.9. The van der Waals surface area contributed by atoms with Gasteiger partial charge in [0.05, 0.1) is 5.60 Å². The molecule has 1 fully saturated rings. The number of hydrogen-bond acceptors (Lipinski definition) is 5. The third-order valence-corrected chi connectivity index (χ3v) is 7.30. The van der Waals surface area contributed by atoms with Crippen LogP contribution in [0.15, 0.2) is 34.9 Å². The number of rotatable bonds is 5. The maximum Gasteiger partial charge on any atom is 0.333 e. The van der Waals surface area contributed by atoms with E-state index >= 15 is 0 Å². The molecular formula is C25H38O5. The number of allylic oxidation sites excluding steroid dienone is 2. The first-order valence-electron chi connectivity index (χ1n) is 11.0. The molecule has 2 rings (SSSR count). The maximum atomic E-state index is 12.6. The highest BCUT2D eigenvalue weighted by Gasteiger charge is 2.63. The average molecular weight is 419 g/mol. The first kappa shape index (κ1) is 24.4. The summed E-state index contributed by atoms with van der Waals surface area (Å²) in [6.45, 7) is 15.1. The van der Waals surface area contributed by atoms with Crippen LogP contribution in [0, 0.1) is 17.3 Å². The van der Waals surface area contributed by atoms with Gasteiger partial charge in [0.2, 0.25) is 0 Å². The average Bonchev–Trinajstić information content (AvgIpc) is 2.92. The predicted molar refractivity (Wildman–Crippen MR) is 118 cm³/mol. The number of hydrogen-bond donors (Lipinski definition) is 1. The fourth-order valence-electron chi connectivity index (χ4n) is 4.97. The molecule has 0 aromatic rings. The zero-order valence-corrected chi connectivity index (χ0v) is 19.7. The van der Waals surface area contributed by atoms with Crippen LogP contribution in [-0.4, -0.2) is 34.9 Å². The minimum absolute atomic E-state index is 0.0274. The van der Waals surface area contributed by atoms with Crippen LogP contribution in [0.4, 0.5) is 0 Å². The van der Waals surface area contributed by atoms with Gasteiger partial charge in [0.15, 0.2) is 0 Å². The summed E-state index contributed by atoms with van der Waals surface area (Å²) in [6, 6.07) is 0. The van der Waals surface area contributed by atoms with Gasteiger partial charge in [-0.05, 0) is 59.5 Å². The van der Waals surface area contributed by atoms with E-state index in [0.717, 1.165) is 5.57 Å². The van der Waals surface area contributed by atoms with Crippen molar-refractivity contribution >= 4 is 11.9 Å². The van der Waals surface area contributed by atoms with Crippen molar-refractivity contribution in [3.8, 4) is 0 Å². The molecule has 5 nitrogen and oxygen atoms in total. The van der Waals surface area contributed by atoms with Crippen molar-refractivity contribution in [1.82, 2.24) is 0 Å². The van der Waals surface area contributed by atoms with Gasteiger partial charge in [0.1, 0.15) is 12.2 Å². The number of ether oxygens (including phenoxy) is 2. The van der Waals surface area contributed by atoms with Gasteiger partial charge in [-0.3, -0.25) is 0 Å². The summed E-state index contributed by atoms with van der Waals surface area (Å²) in [4.78, 5) is 25.2. The van der Waals surface area contributed by atoms with Crippen molar-refractivity contribution in [3.63, 3.8) is 0 Å². The molecule has 0 spiro atoms. The van der Waals surface area contributed by atoms with Crippen molar-refractivity contribution in [1.29, 1.82) is 0 Å². The highest BCUT2D eigenvalue weighted by atomic mass is 16.6. The number of carbonyl (C=O) groups is 2. The van der Waals surface area contributed by atoms with E-state index in [9.17, 15) is 14.7 Å². The molecule has 5 atom stereocenters. The Morgan fingerprint density at radius 1 is 1.10 bits per heavy atom. The Bertz CT molecular complexity index is 774. The Kier molecular flexibility index (Phi) is 7.39. The Labute approximate surface area is 181 Å². The normalized spacial score (nSPS) is 34.9. The summed E-state index contributed by atoms with van der Waals surface area (Å²) in [6.07, 6.45) is 6.23. The Morgan fingerprint density at radius 2 is 1.63 bits per heavy atom. The lowest BCUT2D eigenvalue weighted by molar-refractivity contribution is -0.172. The zero-order valence-electron chi connectivity index (χ0n) is 19.7. The highest BCUT2D eigenvalue weighted by Crippen LogP contribution is 2.58. The van der Waals surface area contributed by atoms with E-state index in [1.807, 2.05) is 26.8 Å². The summed E-state index contributed by atoms with van der Waals surface area (Å²) in [5, 5.41) is 11.7. The summed E-state index contributed by atoms with van der Waals surface area (Å²) in [5.74, 6) is -1.10. The lowest BCUT2D eigenvalue weighted by Gasteiger charge is -2.45. The second-order valence-corrected chi connectivity index (χ2v) is 9.56. The molecule has 168 valence electrons. The van der Waals surface area contributed by atoms with Crippen LogP contribution < -0.4 is 0 Å². The summed E-state index contributed by atoms with van der Waals surface area (Å²) >= 11 is 0. The van der Waals surface area contributed by atoms with Gasteiger partial charge < -0.3 is 14.6 Å². The van der Waals surface area contributed by atoms with E-state index in [1.54, 1.807) is 39.8 Å². The highest BCUT2D eigenvalue weighted by molar-refractivity contribution is 5.88. The first-order valence-corrected chi connectivity index (χ1v) is 11.0. The lowest BCUT2D eigenvalue weighted by Crippen LogP contribution is -2.53. The van der Waals surface area contributed by atoms with Crippen LogP contribution in [0.2, 0.25) is 0 Å². The van der Waals surface area contributed by atoms with Gasteiger partial charge in [0.25, 0.3) is 0 Å². The third-order valence-electron chi connectivity index (χ3n) is 7.30. The van der Waals surface area contributed by atoms with Crippen molar-refractivity contribution in [2.45, 2.75) is 92.5 Å². The molecule has 0 aromatic heterocycles. The Balaban J connectivity index is 2.53. The number of esters is 2. The van der Waals surface area contributed by atoms with E-state index in [2.05, 4.69) is 6.92 Å². The van der Waals surface area contributed by atoms with Gasteiger partial charge >= 0.3 is 11.9 Å². The number of fused-ring (bicyclic) bond motifs is 1. The lowest BCUT2D eigenvalue weighted by atomic mass is 9.66. The van der Waals surface area contributed by atoms with Crippen molar-refractivity contribution in [2.24, 2.45) is 17.3 Å². The third kappa shape index (κ3) is 4.41. The molecule has 2 aliphatic rings. The summed E-state index contributed by atoms with van der Waals surface area (Å²) in [5.41, 5.74) is 0.524. The SMILES string of the molecule is C/C=C(/C)C(=O)O[C@H]1CC(C)=C[C@H](OC(=O)/C(C)=C\C)[C@]2(C)CC[C@](O)(C(C)C)[C@H]12. The molecule has 30 heavy (non-hydrogen) atoms. The smallest absolute Gasteiger partial charge is 0.333 e. The Morgan fingerprint density at radius 3 is 2.13 bits per heavy atom. The number of carbonyl (C=O) groups excluding carboxylic acids is 2. The van der Waals surface area contributed by atoms with Crippen molar-refractivity contribution in [2.75, 3.05) is 0 Å². The fraction of sp³-hybridized carbons (Fsp3) is 0.680. The van der Waals surface area contributed by atoms with Crippen LogP contribution in [0.5, 0.6) is 0 Å². The van der Waals surface area contributed by atoms with Gasteiger partial charge in [0, 0.05) is 28.9 Å². The number of aliphatic hydroxyl groups is 1. The second kappa shape index (κ2) is 9.09. The molecule has 0 radical (unpaired) electrons. The molecule has 0 aromatic carbocycles. The summed E-state index contributed by atoms with van der Waals surface area (Å²) in [7, 11) is 0. The van der Waals surface area contributed by atoms with E-state index in [1.165, 1.54) is 0 Å². The fourth-order valence-corrected chi connectivity index (χ4v) is 4.97. The molecule has 2 aliphatic carbocycles. The standard InChI is InChI=1S/C25H38O5/c1-9-17(6)22(26)29-19-13-16(5)14-20(30-23(27)18(7)10-2)24(8)11-12-25(28,15(3)4)21(19)24/h9-10,14-15,19-21,28H,11-13H2,1-8H3/b17-9-,18-10-/t19-,20-,21+,24-,25-/m0/s1. The van der Waals surface area contributed by atoms with E-state index in [0.29, 0.717) is 30.4 Å². The molecule has 0 amide bonds. The van der Waals surface area contributed by atoms with E-state index in [4.69, 9.17) is 9.47 Å². The largest absolute Gasteiger partial charge is 0.458 e. The molecule has 5 heteroatoms. The predicted octanol–water partition coefficient (Wildman–Crippen LogP) is 4.90. The van der Waals surface area contributed by atoms with Gasteiger partial charge in [-0.1, -0.05) is 38.5 Å². The van der Waals surface area contributed by atoms with Crippen LogP contribution >= 0.6 is 0 Å². The maximum absolute atomic E-state index is 12.6. The van der Waals surface area contributed by atoms with Gasteiger partial charge in [-0.2, -0.15) is 0 Å². The van der Waals surface area contributed by atoms with E-state index in [-0.39, 0.29) is 23.8 Å². The van der Waals surface area contributed by atoms with Crippen LogP contribution in [-0.2, 0) is 19.1 Å². The van der Waals surface area contributed by atoms with Crippen molar-refractivity contribution < 1.29 is 24.2 Å². The minimum atomic E-state index is -1.01. The van der Waals surface area contributed by atoms with Gasteiger partial charge in [-0.25, -0.2) is 9.59 Å².